The van der Waals surface area contributed by atoms with Gasteiger partial charge in [0.05, 0.1) is 29.0 Å². The Morgan fingerprint density at radius 2 is 1.82 bits per heavy atom. The molecule has 1 aliphatic heterocycles. The molecule has 1 saturated heterocycles. The second kappa shape index (κ2) is 10.2. The van der Waals surface area contributed by atoms with Crippen molar-refractivity contribution in [3.8, 4) is 5.75 Å². The highest BCUT2D eigenvalue weighted by atomic mass is 79.9. The second-order valence-corrected chi connectivity index (χ2v) is 8.65. The van der Waals surface area contributed by atoms with Gasteiger partial charge in [-0.2, -0.15) is 4.31 Å². The van der Waals surface area contributed by atoms with Gasteiger partial charge in [0.15, 0.2) is 5.78 Å². The van der Waals surface area contributed by atoms with E-state index >= 15 is 0 Å². The van der Waals surface area contributed by atoms with E-state index < -0.39 is 16.1 Å². The number of carbonyl (C=O) groups excluding carboxylic acids is 2. The maximum atomic E-state index is 13.0. The standard InChI is InChI=1S/C18H25BrN2O6S/c1-3-11-27-17-6-5-14(12-15(17)16(22)13-19)28(24,25)21-9-7-20(8-10-21)18(23)26-4-2/h5-6,12H,3-4,7-11,13H2,1-2H3. The lowest BCUT2D eigenvalue weighted by molar-refractivity contribution is 0.0933. The molecule has 0 aromatic heterocycles. The van der Waals surface area contributed by atoms with Crippen LogP contribution in [0.3, 0.4) is 0 Å². The average Bonchev–Trinajstić information content (AvgIpc) is 2.71. The molecule has 0 aliphatic carbocycles. The number of alkyl halides is 1. The van der Waals surface area contributed by atoms with E-state index in [0.717, 1.165) is 6.42 Å². The van der Waals surface area contributed by atoms with Crippen molar-refractivity contribution in [2.75, 3.05) is 44.7 Å². The molecule has 1 aliphatic rings. The van der Waals surface area contributed by atoms with Gasteiger partial charge in [0.25, 0.3) is 0 Å². The van der Waals surface area contributed by atoms with Crippen molar-refractivity contribution in [3.63, 3.8) is 0 Å². The molecule has 10 heteroatoms. The van der Waals surface area contributed by atoms with Crippen LogP contribution in [0.1, 0.15) is 30.6 Å². The first kappa shape index (κ1) is 22.6. The molecule has 0 atom stereocenters. The zero-order chi connectivity index (χ0) is 20.7. The summed E-state index contributed by atoms with van der Waals surface area (Å²) in [5.74, 6) is 0.118. The van der Waals surface area contributed by atoms with Crippen molar-refractivity contribution < 1.29 is 27.5 Å². The van der Waals surface area contributed by atoms with E-state index in [9.17, 15) is 18.0 Å². The van der Waals surface area contributed by atoms with Crippen molar-refractivity contribution in [1.29, 1.82) is 0 Å². The summed E-state index contributed by atoms with van der Waals surface area (Å²) >= 11 is 3.12. The molecule has 1 aromatic carbocycles. The molecule has 0 saturated carbocycles. The van der Waals surface area contributed by atoms with Crippen LogP contribution in [0, 0.1) is 0 Å². The van der Waals surface area contributed by atoms with Crippen LogP contribution in [-0.2, 0) is 14.8 Å². The molecule has 156 valence electrons. The first-order chi connectivity index (χ1) is 13.3. The zero-order valence-electron chi connectivity index (χ0n) is 16.0. The SMILES string of the molecule is CCCOc1ccc(S(=O)(=O)N2CCN(C(=O)OCC)CC2)cc1C(=O)CBr. The number of nitrogens with zero attached hydrogens (tertiary/aromatic N) is 2. The van der Waals surface area contributed by atoms with Gasteiger partial charge in [0, 0.05) is 26.2 Å². The largest absolute Gasteiger partial charge is 0.493 e. The summed E-state index contributed by atoms with van der Waals surface area (Å²) in [6.07, 6.45) is 0.328. The van der Waals surface area contributed by atoms with Gasteiger partial charge in [0.1, 0.15) is 5.75 Å². The molecule has 28 heavy (non-hydrogen) atoms. The van der Waals surface area contributed by atoms with Gasteiger partial charge in [0.2, 0.25) is 10.0 Å². The van der Waals surface area contributed by atoms with Crippen molar-refractivity contribution in [2.45, 2.75) is 25.2 Å². The van der Waals surface area contributed by atoms with Crippen LogP contribution in [0.2, 0.25) is 0 Å². The third-order valence-corrected chi connectivity index (χ3v) is 6.64. The Bertz CT molecular complexity index is 806. The second-order valence-electron chi connectivity index (χ2n) is 6.15. The Kier molecular flexibility index (Phi) is 8.26. The smallest absolute Gasteiger partial charge is 0.409 e. The van der Waals surface area contributed by atoms with Crippen LogP contribution in [0.25, 0.3) is 0 Å². The summed E-state index contributed by atoms with van der Waals surface area (Å²) < 4.78 is 37.9. The molecule has 0 spiro atoms. The Morgan fingerprint density at radius 1 is 1.14 bits per heavy atom. The number of ether oxygens (including phenoxy) is 2. The van der Waals surface area contributed by atoms with Gasteiger partial charge < -0.3 is 14.4 Å². The Morgan fingerprint density at radius 3 is 2.39 bits per heavy atom. The number of benzene rings is 1. The highest BCUT2D eigenvalue weighted by molar-refractivity contribution is 9.09. The van der Waals surface area contributed by atoms with E-state index in [4.69, 9.17) is 9.47 Å². The Hall–Kier alpha value is -1.65. The number of sulfonamides is 1. The van der Waals surface area contributed by atoms with Crippen molar-refractivity contribution in [3.05, 3.63) is 23.8 Å². The first-order valence-corrected chi connectivity index (χ1v) is 11.7. The number of ketones is 1. The van der Waals surface area contributed by atoms with Crippen molar-refractivity contribution in [1.82, 2.24) is 9.21 Å². The monoisotopic (exact) mass is 476 g/mol. The number of piperazine rings is 1. The van der Waals surface area contributed by atoms with Crippen molar-refractivity contribution >= 4 is 37.8 Å². The quantitative estimate of drug-likeness (QED) is 0.422. The van der Waals surface area contributed by atoms with Crippen LogP contribution in [0.5, 0.6) is 5.75 Å². The molecule has 1 amide bonds. The maximum Gasteiger partial charge on any atom is 0.409 e. The van der Waals surface area contributed by atoms with E-state index in [1.807, 2.05) is 6.92 Å². The van der Waals surface area contributed by atoms with Crippen LogP contribution in [0.15, 0.2) is 23.1 Å². The molecule has 0 radical (unpaired) electrons. The van der Waals surface area contributed by atoms with Gasteiger partial charge in [-0.3, -0.25) is 4.79 Å². The number of amides is 1. The number of hydrogen-bond donors (Lipinski definition) is 0. The summed E-state index contributed by atoms with van der Waals surface area (Å²) in [6.45, 7) is 5.21. The van der Waals surface area contributed by atoms with Gasteiger partial charge in [-0.1, -0.05) is 22.9 Å². The minimum atomic E-state index is -3.79. The van der Waals surface area contributed by atoms with E-state index in [2.05, 4.69) is 15.9 Å². The topological polar surface area (TPSA) is 93.2 Å². The predicted octanol–water partition coefficient (Wildman–Crippen LogP) is 2.52. The molecule has 0 unspecified atom stereocenters. The van der Waals surface area contributed by atoms with Gasteiger partial charge in [-0.15, -0.1) is 0 Å². The lowest BCUT2D eigenvalue weighted by atomic mass is 10.1. The summed E-state index contributed by atoms with van der Waals surface area (Å²) in [7, 11) is -3.79. The predicted molar refractivity (Wildman–Crippen MR) is 108 cm³/mol. The van der Waals surface area contributed by atoms with Crippen LogP contribution >= 0.6 is 15.9 Å². The minimum absolute atomic E-state index is 0.0326. The molecular weight excluding hydrogens is 452 g/mol. The summed E-state index contributed by atoms with van der Waals surface area (Å²) in [5.41, 5.74) is 0.233. The highest BCUT2D eigenvalue weighted by Gasteiger charge is 2.31. The molecule has 0 bridgehead atoms. The molecule has 1 fully saturated rings. The fourth-order valence-electron chi connectivity index (χ4n) is 2.77. The molecule has 0 N–H and O–H groups in total. The van der Waals surface area contributed by atoms with Crippen molar-refractivity contribution in [2.24, 2.45) is 0 Å². The van der Waals surface area contributed by atoms with E-state index in [1.54, 1.807) is 6.92 Å². The molecule has 8 nitrogen and oxygen atoms in total. The average molecular weight is 477 g/mol. The fraction of sp³-hybridized carbons (Fsp3) is 0.556. The van der Waals surface area contributed by atoms with Gasteiger partial charge in [-0.05, 0) is 31.5 Å². The van der Waals surface area contributed by atoms with Crippen LogP contribution < -0.4 is 4.74 Å². The Balaban J connectivity index is 2.21. The third kappa shape index (κ3) is 5.24. The third-order valence-electron chi connectivity index (χ3n) is 4.24. The number of carbonyl (C=O) groups is 2. The lowest BCUT2D eigenvalue weighted by Crippen LogP contribution is -2.50. The maximum absolute atomic E-state index is 13.0. The Labute approximate surface area is 174 Å². The summed E-state index contributed by atoms with van der Waals surface area (Å²) in [5, 5.41) is 0.0667. The van der Waals surface area contributed by atoms with E-state index in [0.29, 0.717) is 12.4 Å². The zero-order valence-corrected chi connectivity index (χ0v) is 18.4. The van der Waals surface area contributed by atoms with Crippen LogP contribution in [-0.4, -0.2) is 74.2 Å². The number of Topliss-reactive ketones (excluding diaryl/α,β-unsaturated/α-hetero) is 1. The summed E-state index contributed by atoms with van der Waals surface area (Å²) in [4.78, 5) is 25.5. The minimum Gasteiger partial charge on any atom is -0.493 e. The van der Waals surface area contributed by atoms with Gasteiger partial charge in [-0.25, -0.2) is 13.2 Å². The molecule has 1 heterocycles. The van der Waals surface area contributed by atoms with Crippen LogP contribution in [0.4, 0.5) is 4.79 Å². The first-order valence-electron chi connectivity index (χ1n) is 9.13. The van der Waals surface area contributed by atoms with E-state index in [1.165, 1.54) is 27.4 Å². The number of halogens is 1. The summed E-state index contributed by atoms with van der Waals surface area (Å²) in [6, 6.07) is 4.33. The van der Waals surface area contributed by atoms with Gasteiger partial charge >= 0.3 is 6.09 Å². The fourth-order valence-corrected chi connectivity index (χ4v) is 4.52. The lowest BCUT2D eigenvalue weighted by Gasteiger charge is -2.33. The number of hydrogen-bond acceptors (Lipinski definition) is 6. The number of rotatable bonds is 8. The highest BCUT2D eigenvalue weighted by Crippen LogP contribution is 2.26. The van der Waals surface area contributed by atoms with E-state index in [-0.39, 0.29) is 54.4 Å². The molecule has 2 rings (SSSR count). The molecular formula is C18H25BrN2O6S. The molecule has 1 aromatic rings. The normalized spacial score (nSPS) is 15.3.